The van der Waals surface area contributed by atoms with Gasteiger partial charge in [-0.2, -0.15) is 0 Å². The van der Waals surface area contributed by atoms with Gasteiger partial charge in [-0.3, -0.25) is 0 Å². The molecule has 0 aliphatic heterocycles. The summed E-state index contributed by atoms with van der Waals surface area (Å²) in [6.45, 7) is 1.64. The first-order chi connectivity index (χ1) is 14.5. The first-order valence-corrected chi connectivity index (χ1v) is 8.73. The topological polar surface area (TPSA) is 0 Å². The first-order valence-electron chi connectivity index (χ1n) is 10.7. The average Bonchev–Trinajstić information content (AvgIpc) is 2.81. The maximum atomic E-state index is 8.89. The second-order valence-corrected chi connectivity index (χ2v) is 6.35. The van der Waals surface area contributed by atoms with Gasteiger partial charge in [-0.05, 0) is 29.2 Å². The van der Waals surface area contributed by atoms with Crippen LogP contribution in [0.3, 0.4) is 0 Å². The number of rotatable bonds is 4. The van der Waals surface area contributed by atoms with Crippen LogP contribution in [-0.2, 0) is 5.41 Å². The van der Waals surface area contributed by atoms with Crippen molar-refractivity contribution < 1.29 is 5.48 Å². The standard InChI is InChI=1S/C26H22/c1-21-17-19-25(20-18-21)26(22-11-5-2-6-12-22,23-13-7-3-8-14-23)24-15-9-4-10-16-24/h2-20H,1H3/i17D,18D,19D,20D. The monoisotopic (exact) mass is 338 g/mol. The third-order valence-electron chi connectivity index (χ3n) is 4.75. The zero-order valence-corrected chi connectivity index (χ0v) is 14.7. The fourth-order valence-electron chi connectivity index (χ4n) is 3.56. The van der Waals surface area contributed by atoms with Crippen LogP contribution in [0.1, 0.15) is 33.3 Å². The van der Waals surface area contributed by atoms with E-state index in [4.69, 9.17) is 5.48 Å². The smallest absolute Gasteiger partial charge is 0.0622 e. The van der Waals surface area contributed by atoms with E-state index in [0.29, 0.717) is 11.1 Å². The van der Waals surface area contributed by atoms with E-state index in [1.54, 1.807) is 6.92 Å². The molecule has 0 saturated heterocycles. The Hall–Kier alpha value is -3.12. The van der Waals surface area contributed by atoms with E-state index in [0.717, 1.165) is 16.7 Å². The first kappa shape index (κ1) is 12.3. The SMILES string of the molecule is [2H]c1c([2H])c(C(c2ccccc2)(c2ccccc2)c2ccccc2)c([2H])c([2H])c1C. The lowest BCUT2D eigenvalue weighted by atomic mass is 9.65. The van der Waals surface area contributed by atoms with Gasteiger partial charge < -0.3 is 0 Å². The Morgan fingerprint density at radius 1 is 0.500 bits per heavy atom. The second kappa shape index (κ2) is 7.01. The molecule has 0 amide bonds. The summed E-state index contributed by atoms with van der Waals surface area (Å²) in [7, 11) is 0. The lowest BCUT2D eigenvalue weighted by molar-refractivity contribution is 0.745. The molecule has 0 spiro atoms. The molecule has 0 bridgehead atoms. The minimum Gasteiger partial charge on any atom is -0.0622 e. The minimum absolute atomic E-state index is 0.00170. The Labute approximate surface area is 161 Å². The van der Waals surface area contributed by atoms with Crippen LogP contribution >= 0.6 is 0 Å². The van der Waals surface area contributed by atoms with E-state index in [1.165, 1.54) is 0 Å². The van der Waals surface area contributed by atoms with Crippen LogP contribution in [0.15, 0.2) is 115 Å². The van der Waals surface area contributed by atoms with Crippen LogP contribution in [0.5, 0.6) is 0 Å². The summed E-state index contributed by atoms with van der Waals surface area (Å²) in [6.07, 6.45) is 0. The van der Waals surface area contributed by atoms with Gasteiger partial charge in [0.15, 0.2) is 0 Å². The largest absolute Gasteiger partial charge is 0.0701 e. The summed E-state index contributed by atoms with van der Waals surface area (Å²) in [5.41, 5.74) is 2.42. The normalized spacial score (nSPS) is 13.4. The lowest BCUT2D eigenvalue weighted by Gasteiger charge is -2.36. The van der Waals surface area contributed by atoms with Crippen molar-refractivity contribution in [2.24, 2.45) is 0 Å². The minimum atomic E-state index is -0.989. The van der Waals surface area contributed by atoms with Crippen molar-refractivity contribution in [3.05, 3.63) is 143 Å². The molecule has 0 aliphatic rings. The number of hydrogen-bond donors (Lipinski definition) is 0. The Morgan fingerprint density at radius 2 is 0.846 bits per heavy atom. The molecule has 4 rings (SSSR count). The lowest BCUT2D eigenvalue weighted by Crippen LogP contribution is -2.30. The summed E-state index contributed by atoms with van der Waals surface area (Å²) >= 11 is 0. The van der Waals surface area contributed by atoms with E-state index < -0.39 is 5.41 Å². The summed E-state index contributed by atoms with van der Waals surface area (Å²) in [6, 6.07) is 29.4. The van der Waals surface area contributed by atoms with Gasteiger partial charge in [-0.15, -0.1) is 0 Å². The predicted molar refractivity (Wildman–Crippen MR) is 109 cm³/mol. The Kier molecular flexibility index (Phi) is 3.31. The number of benzene rings is 4. The molecule has 0 nitrogen and oxygen atoms in total. The van der Waals surface area contributed by atoms with Gasteiger partial charge in [0.25, 0.3) is 0 Å². The fraction of sp³-hybridized carbons (Fsp3) is 0.0769. The van der Waals surface area contributed by atoms with Crippen LogP contribution in [0.2, 0.25) is 0 Å². The average molecular weight is 338 g/mol. The molecule has 4 aromatic rings. The quantitative estimate of drug-likeness (QED) is 0.379. The van der Waals surface area contributed by atoms with Crippen molar-refractivity contribution in [3.8, 4) is 0 Å². The molecule has 0 atom stereocenters. The molecular formula is C26H22. The highest BCUT2D eigenvalue weighted by atomic mass is 14.4. The predicted octanol–water partition coefficient (Wildman–Crippen LogP) is 6.38. The summed E-state index contributed by atoms with van der Waals surface area (Å²) < 4.78 is 34.8. The van der Waals surface area contributed by atoms with Crippen molar-refractivity contribution in [1.82, 2.24) is 0 Å². The molecule has 126 valence electrons. The maximum absolute atomic E-state index is 8.89. The van der Waals surface area contributed by atoms with Gasteiger partial charge in [-0.1, -0.05) is 121 Å². The summed E-state index contributed by atoms with van der Waals surface area (Å²) in [5, 5.41) is 0. The second-order valence-electron chi connectivity index (χ2n) is 6.35. The van der Waals surface area contributed by atoms with Crippen molar-refractivity contribution in [2.45, 2.75) is 12.3 Å². The Balaban J connectivity index is 2.27. The van der Waals surface area contributed by atoms with Crippen molar-refractivity contribution in [3.63, 3.8) is 0 Å². The van der Waals surface area contributed by atoms with Crippen LogP contribution in [-0.4, -0.2) is 0 Å². The fourth-order valence-corrected chi connectivity index (χ4v) is 3.56. The molecule has 0 heteroatoms. The highest BCUT2D eigenvalue weighted by molar-refractivity contribution is 5.59. The molecule has 0 saturated carbocycles. The van der Waals surface area contributed by atoms with E-state index in [-0.39, 0.29) is 24.2 Å². The van der Waals surface area contributed by atoms with Gasteiger partial charge in [0, 0.05) is 0 Å². The summed E-state index contributed by atoms with van der Waals surface area (Å²) in [4.78, 5) is 0. The van der Waals surface area contributed by atoms with Crippen molar-refractivity contribution >= 4 is 0 Å². The van der Waals surface area contributed by atoms with E-state index in [1.807, 2.05) is 91.0 Å². The highest BCUT2D eigenvalue weighted by Crippen LogP contribution is 2.44. The van der Waals surface area contributed by atoms with Crippen molar-refractivity contribution in [2.75, 3.05) is 0 Å². The van der Waals surface area contributed by atoms with E-state index >= 15 is 0 Å². The van der Waals surface area contributed by atoms with Gasteiger partial charge in [0.2, 0.25) is 0 Å². The molecule has 0 N–H and O–H groups in total. The molecule has 0 fully saturated rings. The van der Waals surface area contributed by atoms with E-state index in [2.05, 4.69) is 0 Å². The van der Waals surface area contributed by atoms with Crippen LogP contribution in [0, 0.1) is 6.92 Å². The molecule has 0 heterocycles. The molecule has 0 aliphatic carbocycles. The molecule has 0 unspecified atom stereocenters. The summed E-state index contributed by atoms with van der Waals surface area (Å²) in [5.74, 6) is 0. The highest BCUT2D eigenvalue weighted by Gasteiger charge is 2.37. The van der Waals surface area contributed by atoms with Crippen LogP contribution in [0.4, 0.5) is 0 Å². The molecule has 4 aromatic carbocycles. The molecule has 26 heavy (non-hydrogen) atoms. The Bertz CT molecular complexity index is 1040. The maximum Gasteiger partial charge on any atom is 0.0701 e. The van der Waals surface area contributed by atoms with Gasteiger partial charge in [0.1, 0.15) is 0 Å². The number of hydrogen-bond acceptors (Lipinski definition) is 0. The molecular weight excluding hydrogens is 312 g/mol. The zero-order chi connectivity index (χ0) is 21.3. The Morgan fingerprint density at radius 3 is 1.19 bits per heavy atom. The van der Waals surface area contributed by atoms with Gasteiger partial charge >= 0.3 is 0 Å². The zero-order valence-electron chi connectivity index (χ0n) is 18.7. The molecule has 0 radical (unpaired) electrons. The van der Waals surface area contributed by atoms with Crippen LogP contribution in [0.25, 0.3) is 0 Å². The van der Waals surface area contributed by atoms with Crippen molar-refractivity contribution in [1.29, 1.82) is 0 Å². The van der Waals surface area contributed by atoms with Crippen LogP contribution < -0.4 is 0 Å². The van der Waals surface area contributed by atoms with Gasteiger partial charge in [0.05, 0.1) is 10.9 Å². The van der Waals surface area contributed by atoms with Gasteiger partial charge in [-0.25, -0.2) is 0 Å². The molecule has 0 aromatic heterocycles. The third-order valence-corrected chi connectivity index (χ3v) is 4.75. The van der Waals surface area contributed by atoms with E-state index in [9.17, 15) is 0 Å². The third kappa shape index (κ3) is 2.74.